The van der Waals surface area contributed by atoms with Crippen molar-refractivity contribution in [2.45, 2.75) is 64.1 Å². The third-order valence-electron chi connectivity index (χ3n) is 8.30. The number of ether oxygens (including phenoxy) is 3. The van der Waals surface area contributed by atoms with Crippen molar-refractivity contribution in [1.29, 1.82) is 0 Å². The lowest BCUT2D eigenvalue weighted by Crippen LogP contribution is -2.52. The number of hydrogen-bond acceptors (Lipinski definition) is 7. The van der Waals surface area contributed by atoms with Crippen molar-refractivity contribution in [3.63, 3.8) is 0 Å². The molecule has 0 saturated heterocycles. The van der Waals surface area contributed by atoms with Crippen LogP contribution in [0.2, 0.25) is 0 Å². The Morgan fingerprint density at radius 3 is 2.63 bits per heavy atom. The summed E-state index contributed by atoms with van der Waals surface area (Å²) in [4.78, 5) is 43.2. The monoisotopic (exact) mass is 595 g/mol. The number of anilines is 2. The predicted molar refractivity (Wildman–Crippen MR) is 161 cm³/mol. The molecule has 5 rings (SSSR count). The molecule has 0 bridgehead atoms. The van der Waals surface area contributed by atoms with E-state index in [-0.39, 0.29) is 55.2 Å². The number of likely N-dealkylation sites (N-methyl/N-ethyl adjacent to an activating group) is 1. The number of nitrogens with zero attached hydrogens (tertiary/aromatic N) is 2. The number of para-hydroxylation sites is 1. The standard InChI is InChI=1S/C31H41N5O7/c1-19-15-36(20(2)17-37)29(38)23-10-7-11-24(34-30(39)32-22-12-13-25-26(14-22)42-18-41-25)28(23)43-27(19)16-35(3)31(40)33-21-8-5-4-6-9-21/h7,10-14,19-21,27,37H,4-6,8-9,15-18H2,1-3H3,(H,33,40)(H2,32,34,39)/t19-,20-,27-/m1/s1. The fourth-order valence-electron chi connectivity index (χ4n) is 5.70. The van der Waals surface area contributed by atoms with E-state index in [9.17, 15) is 19.5 Å². The van der Waals surface area contributed by atoms with Crippen molar-refractivity contribution < 1.29 is 33.7 Å². The topological polar surface area (TPSA) is 142 Å². The number of benzene rings is 2. The van der Waals surface area contributed by atoms with Crippen molar-refractivity contribution in [2.24, 2.45) is 5.92 Å². The third-order valence-corrected chi connectivity index (χ3v) is 8.30. The Kier molecular flexibility index (Phi) is 9.44. The molecule has 2 aromatic carbocycles. The van der Waals surface area contributed by atoms with Crippen LogP contribution in [0.15, 0.2) is 36.4 Å². The van der Waals surface area contributed by atoms with Gasteiger partial charge < -0.3 is 45.1 Å². The summed E-state index contributed by atoms with van der Waals surface area (Å²) in [5.74, 6) is 0.822. The van der Waals surface area contributed by atoms with Gasteiger partial charge >= 0.3 is 12.1 Å². The maximum absolute atomic E-state index is 13.7. The molecule has 2 aliphatic heterocycles. The third kappa shape index (κ3) is 7.07. The summed E-state index contributed by atoms with van der Waals surface area (Å²) >= 11 is 0. The molecule has 12 nitrogen and oxygen atoms in total. The summed E-state index contributed by atoms with van der Waals surface area (Å²) in [6, 6.07) is 9.05. The molecule has 43 heavy (non-hydrogen) atoms. The molecule has 4 N–H and O–H groups in total. The number of nitrogens with one attached hydrogen (secondary N) is 3. The van der Waals surface area contributed by atoms with Crippen molar-refractivity contribution in [3.05, 3.63) is 42.0 Å². The van der Waals surface area contributed by atoms with E-state index in [2.05, 4.69) is 16.0 Å². The molecule has 0 unspecified atom stereocenters. The average Bonchev–Trinajstić information content (AvgIpc) is 3.47. The molecule has 3 atom stereocenters. The molecule has 2 aromatic rings. The van der Waals surface area contributed by atoms with Crippen LogP contribution in [0.5, 0.6) is 17.2 Å². The number of fused-ring (bicyclic) bond motifs is 2. The zero-order chi connectivity index (χ0) is 30.5. The SMILES string of the molecule is C[C@@H]1CN([C@H](C)CO)C(=O)c2cccc(NC(=O)Nc3ccc4c(c3)OCO4)c2O[C@@H]1CN(C)C(=O)NC1CCCCC1. The summed E-state index contributed by atoms with van der Waals surface area (Å²) in [6.45, 7) is 4.23. The minimum absolute atomic E-state index is 0.120. The van der Waals surface area contributed by atoms with Gasteiger partial charge in [-0.2, -0.15) is 0 Å². The van der Waals surface area contributed by atoms with Crippen molar-refractivity contribution in [2.75, 3.05) is 44.2 Å². The van der Waals surface area contributed by atoms with E-state index in [0.29, 0.717) is 29.4 Å². The number of aliphatic hydroxyl groups is 1. The van der Waals surface area contributed by atoms with E-state index in [1.807, 2.05) is 6.92 Å². The molecular formula is C31H41N5O7. The van der Waals surface area contributed by atoms with Gasteiger partial charge in [-0.1, -0.05) is 32.3 Å². The second-order valence-corrected chi connectivity index (χ2v) is 11.6. The lowest BCUT2D eigenvalue weighted by molar-refractivity contribution is 0.0368. The number of carbonyl (C=O) groups excluding carboxylic acids is 3. The van der Waals surface area contributed by atoms with Gasteiger partial charge in [0.2, 0.25) is 6.79 Å². The Balaban J connectivity index is 1.38. The van der Waals surface area contributed by atoms with Crippen LogP contribution in [0.3, 0.4) is 0 Å². The van der Waals surface area contributed by atoms with E-state index in [4.69, 9.17) is 14.2 Å². The zero-order valence-corrected chi connectivity index (χ0v) is 24.9. The molecule has 12 heteroatoms. The van der Waals surface area contributed by atoms with E-state index in [0.717, 1.165) is 25.7 Å². The molecule has 232 valence electrons. The number of hydrogen-bond donors (Lipinski definition) is 4. The van der Waals surface area contributed by atoms with Crippen LogP contribution in [0.4, 0.5) is 21.0 Å². The molecule has 0 spiro atoms. The molecule has 5 amide bonds. The van der Waals surface area contributed by atoms with Gasteiger partial charge in [0.15, 0.2) is 17.2 Å². The highest BCUT2D eigenvalue weighted by Crippen LogP contribution is 2.36. The Labute approximate surface area is 251 Å². The summed E-state index contributed by atoms with van der Waals surface area (Å²) in [7, 11) is 1.73. The Morgan fingerprint density at radius 2 is 1.86 bits per heavy atom. The summed E-state index contributed by atoms with van der Waals surface area (Å²) < 4.78 is 17.3. The van der Waals surface area contributed by atoms with Crippen LogP contribution >= 0.6 is 0 Å². The van der Waals surface area contributed by atoms with Gasteiger partial charge in [-0.25, -0.2) is 9.59 Å². The molecule has 0 aromatic heterocycles. The lowest BCUT2D eigenvalue weighted by Gasteiger charge is -2.38. The molecule has 1 fully saturated rings. The number of aliphatic hydroxyl groups excluding tert-OH is 1. The van der Waals surface area contributed by atoms with Crippen LogP contribution in [0, 0.1) is 5.92 Å². The van der Waals surface area contributed by atoms with Gasteiger partial charge in [-0.05, 0) is 44.0 Å². The van der Waals surface area contributed by atoms with Crippen LogP contribution in [-0.4, -0.2) is 84.6 Å². The maximum Gasteiger partial charge on any atom is 0.323 e. The van der Waals surface area contributed by atoms with Gasteiger partial charge in [-0.15, -0.1) is 0 Å². The largest absolute Gasteiger partial charge is 0.485 e. The van der Waals surface area contributed by atoms with Crippen molar-refractivity contribution in [3.8, 4) is 17.2 Å². The fourth-order valence-corrected chi connectivity index (χ4v) is 5.70. The van der Waals surface area contributed by atoms with Crippen molar-refractivity contribution >= 4 is 29.3 Å². The average molecular weight is 596 g/mol. The molecule has 3 aliphatic rings. The number of urea groups is 2. The number of carbonyl (C=O) groups is 3. The van der Waals surface area contributed by atoms with Crippen LogP contribution < -0.4 is 30.2 Å². The first-order valence-electron chi connectivity index (χ1n) is 14.9. The highest BCUT2D eigenvalue weighted by molar-refractivity contribution is 6.04. The summed E-state index contributed by atoms with van der Waals surface area (Å²) in [5.41, 5.74) is 1.05. The van der Waals surface area contributed by atoms with Gasteiger partial charge in [0, 0.05) is 37.3 Å². The van der Waals surface area contributed by atoms with Gasteiger partial charge in [-0.3, -0.25) is 4.79 Å². The first kappa shape index (κ1) is 30.3. The van der Waals surface area contributed by atoms with Crippen LogP contribution in [0.1, 0.15) is 56.3 Å². The minimum atomic E-state index is -0.542. The number of rotatable bonds is 7. The first-order chi connectivity index (χ1) is 20.7. The molecule has 1 saturated carbocycles. The van der Waals surface area contributed by atoms with E-state index < -0.39 is 18.2 Å². The number of amides is 5. The predicted octanol–water partition coefficient (Wildman–Crippen LogP) is 4.25. The highest BCUT2D eigenvalue weighted by Gasteiger charge is 2.35. The Morgan fingerprint density at radius 1 is 1.09 bits per heavy atom. The smallest absolute Gasteiger partial charge is 0.323 e. The van der Waals surface area contributed by atoms with Gasteiger partial charge in [0.05, 0.1) is 30.4 Å². The van der Waals surface area contributed by atoms with Crippen LogP contribution in [-0.2, 0) is 0 Å². The maximum atomic E-state index is 13.7. The molecule has 1 aliphatic carbocycles. The lowest BCUT2D eigenvalue weighted by atomic mass is 9.96. The van der Waals surface area contributed by atoms with Crippen molar-refractivity contribution in [1.82, 2.24) is 15.1 Å². The van der Waals surface area contributed by atoms with E-state index >= 15 is 0 Å². The molecule has 0 radical (unpaired) electrons. The minimum Gasteiger partial charge on any atom is -0.485 e. The molecular weight excluding hydrogens is 554 g/mol. The fraction of sp³-hybridized carbons (Fsp3) is 0.516. The normalized spacial score (nSPS) is 20.7. The second-order valence-electron chi connectivity index (χ2n) is 11.6. The van der Waals surface area contributed by atoms with Gasteiger partial charge in [0.25, 0.3) is 5.91 Å². The van der Waals surface area contributed by atoms with Gasteiger partial charge in [0.1, 0.15) is 6.10 Å². The van der Waals surface area contributed by atoms with Crippen LogP contribution in [0.25, 0.3) is 0 Å². The summed E-state index contributed by atoms with van der Waals surface area (Å²) in [6.07, 6.45) is 4.85. The Hall–Kier alpha value is -4.19. The highest BCUT2D eigenvalue weighted by atomic mass is 16.7. The zero-order valence-electron chi connectivity index (χ0n) is 24.9. The van der Waals surface area contributed by atoms with E-state index in [1.165, 1.54) is 6.42 Å². The summed E-state index contributed by atoms with van der Waals surface area (Å²) in [5, 5.41) is 18.7. The molecule has 2 heterocycles. The van der Waals surface area contributed by atoms with E-state index in [1.54, 1.807) is 60.2 Å². The Bertz CT molecular complexity index is 1330. The second kappa shape index (κ2) is 13.4. The quantitative estimate of drug-likeness (QED) is 0.375. The first-order valence-corrected chi connectivity index (χ1v) is 14.9.